The number of rotatable bonds is 5. The van der Waals surface area contributed by atoms with Crippen molar-refractivity contribution in [1.29, 1.82) is 0 Å². The Labute approximate surface area is 123 Å². The van der Waals surface area contributed by atoms with E-state index < -0.39 is 9.84 Å². The number of nitrogens with two attached hydrogens (primary N) is 1. The number of hydrogen-bond acceptors (Lipinski definition) is 4. The molecule has 2 aromatic carbocycles. The molecule has 0 atom stereocenters. The molecule has 6 heteroatoms. The number of hydrogen-bond donors (Lipinski definition) is 2. The molecular weight excluding hydrogens is 291 g/mol. The lowest BCUT2D eigenvalue weighted by molar-refractivity contribution is 0.602. The van der Waals surface area contributed by atoms with Gasteiger partial charge in [0, 0.05) is 12.8 Å². The Morgan fingerprint density at radius 1 is 1.14 bits per heavy atom. The summed E-state index contributed by atoms with van der Waals surface area (Å²) in [5.41, 5.74) is 7.19. The molecule has 0 amide bonds. The monoisotopic (exact) mass is 308 g/mol. The van der Waals surface area contributed by atoms with Crippen molar-refractivity contribution in [1.82, 2.24) is 0 Å². The van der Waals surface area contributed by atoms with E-state index >= 15 is 0 Å². The average molecular weight is 308 g/mol. The van der Waals surface area contributed by atoms with Crippen LogP contribution in [0, 0.1) is 5.82 Å². The lowest BCUT2D eigenvalue weighted by atomic mass is 10.1. The third-order valence-electron chi connectivity index (χ3n) is 3.13. The van der Waals surface area contributed by atoms with E-state index in [2.05, 4.69) is 5.32 Å². The highest BCUT2D eigenvalue weighted by Gasteiger charge is 2.13. The highest BCUT2D eigenvalue weighted by molar-refractivity contribution is 7.90. The number of sulfone groups is 1. The van der Waals surface area contributed by atoms with Gasteiger partial charge in [-0.3, -0.25) is 0 Å². The minimum Gasteiger partial charge on any atom is -0.396 e. The van der Waals surface area contributed by atoms with Crippen LogP contribution in [-0.2, 0) is 16.3 Å². The molecule has 4 nitrogen and oxygen atoms in total. The first-order chi connectivity index (χ1) is 9.89. The highest BCUT2D eigenvalue weighted by Crippen LogP contribution is 2.26. The summed E-state index contributed by atoms with van der Waals surface area (Å²) in [5.74, 6) is -0.253. The molecule has 0 saturated heterocycles. The maximum Gasteiger partial charge on any atom is 0.177 e. The normalized spacial score (nSPS) is 11.3. The maximum absolute atomic E-state index is 13.5. The fourth-order valence-electron chi connectivity index (χ4n) is 2.05. The summed E-state index contributed by atoms with van der Waals surface area (Å²) in [7, 11) is -3.36. The summed E-state index contributed by atoms with van der Waals surface area (Å²) < 4.78 is 36.7. The molecule has 0 aliphatic rings. The second kappa shape index (κ2) is 6.13. The summed E-state index contributed by atoms with van der Waals surface area (Å²) in [6, 6.07) is 11.3. The molecule has 112 valence electrons. The van der Waals surface area contributed by atoms with Crippen molar-refractivity contribution in [2.45, 2.75) is 11.3 Å². The van der Waals surface area contributed by atoms with E-state index in [0.29, 0.717) is 24.2 Å². The molecule has 0 bridgehead atoms. The number of para-hydroxylation sites is 1. The molecule has 0 heterocycles. The van der Waals surface area contributed by atoms with Crippen molar-refractivity contribution in [3.05, 3.63) is 53.8 Å². The van der Waals surface area contributed by atoms with E-state index in [9.17, 15) is 12.8 Å². The van der Waals surface area contributed by atoms with Gasteiger partial charge in [-0.15, -0.1) is 0 Å². The molecule has 0 radical (unpaired) electrons. The molecular formula is C15H17FN2O2S. The van der Waals surface area contributed by atoms with Gasteiger partial charge in [-0.2, -0.15) is 0 Å². The average Bonchev–Trinajstić information content (AvgIpc) is 2.41. The van der Waals surface area contributed by atoms with Crippen LogP contribution in [0.3, 0.4) is 0 Å². The van der Waals surface area contributed by atoms with Crippen LogP contribution in [0.1, 0.15) is 5.56 Å². The van der Waals surface area contributed by atoms with Crippen LogP contribution in [-0.4, -0.2) is 21.2 Å². The van der Waals surface area contributed by atoms with Crippen LogP contribution in [0.15, 0.2) is 47.4 Å². The second-order valence-corrected chi connectivity index (χ2v) is 6.74. The van der Waals surface area contributed by atoms with Gasteiger partial charge in [-0.25, -0.2) is 12.8 Å². The Balaban J connectivity index is 2.10. The van der Waals surface area contributed by atoms with Crippen molar-refractivity contribution in [3.8, 4) is 0 Å². The molecule has 0 saturated carbocycles. The Kier molecular flexibility index (Phi) is 4.47. The molecule has 0 spiro atoms. The van der Waals surface area contributed by atoms with Gasteiger partial charge < -0.3 is 11.1 Å². The number of halogens is 1. The van der Waals surface area contributed by atoms with Gasteiger partial charge in [0.25, 0.3) is 0 Å². The van der Waals surface area contributed by atoms with Gasteiger partial charge in [-0.05, 0) is 30.2 Å². The van der Waals surface area contributed by atoms with E-state index in [-0.39, 0.29) is 16.4 Å². The largest absolute Gasteiger partial charge is 0.396 e. The van der Waals surface area contributed by atoms with Crippen LogP contribution >= 0.6 is 0 Å². The number of nitrogen functional groups attached to an aromatic ring is 1. The standard InChI is InChI=1S/C15H17FN2O2S/c1-21(19,20)14-8-4-7-13(15(14)17)18-10-9-11-5-2-3-6-12(11)16/h2-8,18H,9-10,17H2,1H3. The first-order valence-electron chi connectivity index (χ1n) is 6.45. The van der Waals surface area contributed by atoms with Crippen LogP contribution in [0.2, 0.25) is 0 Å². The molecule has 0 aliphatic carbocycles. The molecule has 0 aromatic heterocycles. The zero-order chi connectivity index (χ0) is 15.5. The first kappa shape index (κ1) is 15.3. The van der Waals surface area contributed by atoms with Gasteiger partial charge in [0.1, 0.15) is 5.82 Å². The SMILES string of the molecule is CS(=O)(=O)c1cccc(NCCc2ccccc2F)c1N. The van der Waals surface area contributed by atoms with Gasteiger partial charge in [0.05, 0.1) is 16.3 Å². The van der Waals surface area contributed by atoms with E-state index in [0.717, 1.165) is 6.26 Å². The minimum atomic E-state index is -3.36. The Morgan fingerprint density at radius 2 is 1.86 bits per heavy atom. The van der Waals surface area contributed by atoms with Crippen molar-refractivity contribution < 1.29 is 12.8 Å². The lowest BCUT2D eigenvalue weighted by Crippen LogP contribution is -2.10. The molecule has 2 rings (SSSR count). The van der Waals surface area contributed by atoms with Crippen molar-refractivity contribution in [3.63, 3.8) is 0 Å². The molecule has 0 unspecified atom stereocenters. The van der Waals surface area contributed by atoms with Crippen molar-refractivity contribution in [2.24, 2.45) is 0 Å². The number of nitrogens with one attached hydrogen (secondary N) is 1. The smallest absolute Gasteiger partial charge is 0.177 e. The maximum atomic E-state index is 13.5. The second-order valence-electron chi connectivity index (χ2n) is 4.76. The molecule has 0 aliphatic heterocycles. The van der Waals surface area contributed by atoms with Gasteiger partial charge in [0.2, 0.25) is 0 Å². The Hall–Kier alpha value is -2.08. The number of anilines is 2. The molecule has 21 heavy (non-hydrogen) atoms. The lowest BCUT2D eigenvalue weighted by Gasteiger charge is -2.12. The Morgan fingerprint density at radius 3 is 2.52 bits per heavy atom. The Bertz CT molecular complexity index is 745. The predicted molar refractivity (Wildman–Crippen MR) is 82.6 cm³/mol. The molecule has 0 fully saturated rings. The third-order valence-corrected chi connectivity index (χ3v) is 4.29. The van der Waals surface area contributed by atoms with Crippen molar-refractivity contribution in [2.75, 3.05) is 23.9 Å². The quantitative estimate of drug-likeness (QED) is 0.832. The van der Waals surface area contributed by atoms with Crippen LogP contribution in [0.25, 0.3) is 0 Å². The zero-order valence-corrected chi connectivity index (χ0v) is 12.5. The summed E-state index contributed by atoms with van der Waals surface area (Å²) >= 11 is 0. The van der Waals surface area contributed by atoms with E-state index in [4.69, 9.17) is 5.73 Å². The topological polar surface area (TPSA) is 72.2 Å². The summed E-state index contributed by atoms with van der Waals surface area (Å²) in [5, 5.41) is 3.05. The summed E-state index contributed by atoms with van der Waals surface area (Å²) in [4.78, 5) is 0.0957. The van der Waals surface area contributed by atoms with E-state index in [1.54, 1.807) is 30.3 Å². The van der Waals surface area contributed by atoms with Crippen molar-refractivity contribution >= 4 is 21.2 Å². The van der Waals surface area contributed by atoms with Crippen LogP contribution < -0.4 is 11.1 Å². The van der Waals surface area contributed by atoms with Gasteiger partial charge in [0.15, 0.2) is 9.84 Å². The fourth-order valence-corrected chi connectivity index (χ4v) is 2.89. The third kappa shape index (κ3) is 3.72. The predicted octanol–water partition coefficient (Wildman–Crippen LogP) is 2.47. The van der Waals surface area contributed by atoms with Gasteiger partial charge >= 0.3 is 0 Å². The number of benzene rings is 2. The van der Waals surface area contributed by atoms with Gasteiger partial charge in [-0.1, -0.05) is 24.3 Å². The minimum absolute atomic E-state index is 0.0957. The van der Waals surface area contributed by atoms with E-state index in [1.807, 2.05) is 0 Å². The zero-order valence-electron chi connectivity index (χ0n) is 11.6. The molecule has 3 N–H and O–H groups in total. The highest BCUT2D eigenvalue weighted by atomic mass is 32.2. The van der Waals surface area contributed by atoms with Crippen LogP contribution in [0.5, 0.6) is 0 Å². The summed E-state index contributed by atoms with van der Waals surface area (Å²) in [6.45, 7) is 0.457. The summed E-state index contributed by atoms with van der Waals surface area (Å²) in [6.07, 6.45) is 1.59. The van der Waals surface area contributed by atoms with E-state index in [1.165, 1.54) is 12.1 Å². The fraction of sp³-hybridized carbons (Fsp3) is 0.200. The first-order valence-corrected chi connectivity index (χ1v) is 8.34. The van der Waals surface area contributed by atoms with Crippen LogP contribution in [0.4, 0.5) is 15.8 Å². The molecule has 2 aromatic rings.